The summed E-state index contributed by atoms with van der Waals surface area (Å²) in [5, 5.41) is 12.2. The van der Waals surface area contributed by atoms with Crippen molar-refractivity contribution >= 4 is 18.0 Å². The van der Waals surface area contributed by atoms with E-state index in [2.05, 4.69) is 5.32 Å². The smallest absolute Gasteiger partial charge is 0.408 e. The van der Waals surface area contributed by atoms with Crippen LogP contribution >= 0.6 is 0 Å². The molecule has 1 rings (SSSR count). The molecular weight excluding hydrogens is 348 g/mol. The van der Waals surface area contributed by atoms with Crippen molar-refractivity contribution in [3.05, 3.63) is 35.9 Å². The average Bonchev–Trinajstić information content (AvgIpc) is 2.56. The van der Waals surface area contributed by atoms with Crippen molar-refractivity contribution in [3.63, 3.8) is 0 Å². The molecule has 1 aromatic carbocycles. The van der Waals surface area contributed by atoms with Gasteiger partial charge < -0.3 is 20.1 Å². The highest BCUT2D eigenvalue weighted by atomic mass is 16.6. The molecule has 0 fully saturated rings. The molecule has 0 spiro atoms. The summed E-state index contributed by atoms with van der Waals surface area (Å²) < 4.78 is 5.21. The van der Waals surface area contributed by atoms with Gasteiger partial charge in [-0.3, -0.25) is 4.79 Å². The number of alkyl carbamates (subject to hydrolysis) is 1. The van der Waals surface area contributed by atoms with Crippen LogP contribution in [-0.4, -0.2) is 45.2 Å². The number of carbonyl (C=O) groups is 3. The van der Waals surface area contributed by atoms with Gasteiger partial charge in [-0.25, -0.2) is 9.59 Å². The second-order valence-corrected chi connectivity index (χ2v) is 7.88. The first-order valence-corrected chi connectivity index (χ1v) is 8.96. The topological polar surface area (TPSA) is 95.9 Å². The lowest BCUT2D eigenvalue weighted by atomic mass is 9.99. The van der Waals surface area contributed by atoms with E-state index in [4.69, 9.17) is 4.74 Å². The van der Waals surface area contributed by atoms with E-state index in [-0.39, 0.29) is 6.54 Å². The number of aliphatic carboxylic acids is 1. The van der Waals surface area contributed by atoms with Crippen molar-refractivity contribution in [2.75, 3.05) is 0 Å². The summed E-state index contributed by atoms with van der Waals surface area (Å²) in [6.45, 7) is 9.98. The molecule has 0 aliphatic heterocycles. The number of carboxylic acids is 1. The lowest BCUT2D eigenvalue weighted by Crippen LogP contribution is -2.58. The maximum atomic E-state index is 13.1. The first-order chi connectivity index (χ1) is 12.4. The molecule has 0 radical (unpaired) electrons. The van der Waals surface area contributed by atoms with Gasteiger partial charge in [-0.15, -0.1) is 0 Å². The summed E-state index contributed by atoms with van der Waals surface area (Å²) in [4.78, 5) is 38.2. The molecule has 0 bridgehead atoms. The monoisotopic (exact) mass is 378 g/mol. The Morgan fingerprint density at radius 3 is 2.11 bits per heavy atom. The van der Waals surface area contributed by atoms with Crippen molar-refractivity contribution in [2.24, 2.45) is 0 Å². The normalized spacial score (nSPS) is 12.8. The van der Waals surface area contributed by atoms with Crippen LogP contribution < -0.4 is 5.32 Å². The summed E-state index contributed by atoms with van der Waals surface area (Å²) in [6, 6.07) is 8.24. The summed E-state index contributed by atoms with van der Waals surface area (Å²) >= 11 is 0. The van der Waals surface area contributed by atoms with Crippen LogP contribution in [0.2, 0.25) is 0 Å². The molecule has 2 amide bonds. The molecule has 7 nitrogen and oxygen atoms in total. The lowest BCUT2D eigenvalue weighted by molar-refractivity contribution is -0.158. The van der Waals surface area contributed by atoms with E-state index in [1.807, 2.05) is 30.3 Å². The standard InChI is InChI=1S/C20H30N2O5/c1-7-15(21-18(26)27-19(2,3)4)16(23)22(20(5,6)17(24)25)13-14-11-9-8-10-12-14/h8-12,15H,7,13H2,1-6H3,(H,21,26)(H,24,25). The summed E-state index contributed by atoms with van der Waals surface area (Å²) in [7, 11) is 0. The van der Waals surface area contributed by atoms with Crippen LogP contribution in [0.1, 0.15) is 53.5 Å². The number of carboxylic acid groups (broad SMARTS) is 1. The molecule has 0 aliphatic carbocycles. The Kier molecular flexibility index (Phi) is 7.39. The number of ether oxygens (including phenoxy) is 1. The first-order valence-electron chi connectivity index (χ1n) is 8.96. The zero-order valence-electron chi connectivity index (χ0n) is 16.9. The molecule has 27 heavy (non-hydrogen) atoms. The number of rotatable bonds is 7. The molecule has 0 aromatic heterocycles. The van der Waals surface area contributed by atoms with E-state index in [0.717, 1.165) is 5.56 Å². The molecule has 0 aliphatic rings. The minimum absolute atomic E-state index is 0.117. The minimum atomic E-state index is -1.45. The largest absolute Gasteiger partial charge is 0.480 e. The molecule has 150 valence electrons. The van der Waals surface area contributed by atoms with Crippen LogP contribution in [0.15, 0.2) is 30.3 Å². The Balaban J connectivity index is 3.09. The van der Waals surface area contributed by atoms with Crippen molar-refractivity contribution in [3.8, 4) is 0 Å². The Labute approximate surface area is 160 Å². The first kappa shape index (κ1) is 22.5. The predicted octanol–water partition coefficient (Wildman–Crippen LogP) is 3.18. The molecular formula is C20H30N2O5. The van der Waals surface area contributed by atoms with Gasteiger partial charge in [0, 0.05) is 6.54 Å². The quantitative estimate of drug-likeness (QED) is 0.760. The second kappa shape index (κ2) is 8.88. The van der Waals surface area contributed by atoms with Crippen molar-refractivity contribution in [2.45, 2.75) is 71.7 Å². The summed E-state index contributed by atoms with van der Waals surface area (Å²) in [5.41, 5.74) is -1.35. The number of amides is 2. The number of nitrogens with one attached hydrogen (secondary N) is 1. The molecule has 2 N–H and O–H groups in total. The SMILES string of the molecule is CCC(NC(=O)OC(C)(C)C)C(=O)N(Cc1ccccc1)C(C)(C)C(=O)O. The summed E-state index contributed by atoms with van der Waals surface area (Å²) in [6.07, 6.45) is -0.408. The molecule has 7 heteroatoms. The van der Waals surface area contributed by atoms with Crippen LogP contribution in [0.4, 0.5) is 4.79 Å². The average molecular weight is 378 g/mol. The fraction of sp³-hybridized carbons (Fsp3) is 0.550. The third-order valence-corrected chi connectivity index (χ3v) is 4.05. The van der Waals surface area contributed by atoms with E-state index in [1.165, 1.54) is 18.7 Å². The Morgan fingerprint density at radius 2 is 1.67 bits per heavy atom. The van der Waals surface area contributed by atoms with Crippen molar-refractivity contribution in [1.29, 1.82) is 0 Å². The van der Waals surface area contributed by atoms with Crippen LogP contribution in [0.3, 0.4) is 0 Å². The maximum Gasteiger partial charge on any atom is 0.408 e. The number of hydrogen-bond donors (Lipinski definition) is 2. The van der Waals surface area contributed by atoms with Gasteiger partial charge in [-0.05, 0) is 46.6 Å². The predicted molar refractivity (Wildman–Crippen MR) is 102 cm³/mol. The van der Waals surface area contributed by atoms with Crippen LogP contribution in [0, 0.1) is 0 Å². The molecule has 1 atom stereocenters. The molecule has 0 heterocycles. The number of benzene rings is 1. The molecule has 0 saturated carbocycles. The number of hydrogen-bond acceptors (Lipinski definition) is 4. The van der Waals surface area contributed by atoms with Crippen molar-refractivity contribution in [1.82, 2.24) is 10.2 Å². The minimum Gasteiger partial charge on any atom is -0.480 e. The third kappa shape index (κ3) is 6.58. The lowest BCUT2D eigenvalue weighted by Gasteiger charge is -2.37. The third-order valence-electron chi connectivity index (χ3n) is 4.05. The van der Waals surface area contributed by atoms with Gasteiger partial charge in [0.05, 0.1) is 0 Å². The van der Waals surface area contributed by atoms with E-state index in [1.54, 1.807) is 27.7 Å². The number of carbonyl (C=O) groups excluding carboxylic acids is 2. The Hall–Kier alpha value is -2.57. The van der Waals surface area contributed by atoms with Gasteiger partial charge in [-0.1, -0.05) is 37.3 Å². The fourth-order valence-electron chi connectivity index (χ4n) is 2.41. The maximum absolute atomic E-state index is 13.1. The molecule has 1 unspecified atom stereocenters. The van der Waals surface area contributed by atoms with Gasteiger partial charge in [0.15, 0.2) is 0 Å². The highest BCUT2D eigenvalue weighted by Crippen LogP contribution is 2.21. The zero-order chi connectivity index (χ0) is 20.8. The van der Waals surface area contributed by atoms with Gasteiger partial charge in [-0.2, -0.15) is 0 Å². The van der Waals surface area contributed by atoms with Gasteiger partial charge in [0.2, 0.25) is 5.91 Å². The second-order valence-electron chi connectivity index (χ2n) is 7.88. The van der Waals surface area contributed by atoms with Crippen LogP contribution in [0.5, 0.6) is 0 Å². The van der Waals surface area contributed by atoms with E-state index >= 15 is 0 Å². The fourth-order valence-corrected chi connectivity index (χ4v) is 2.41. The molecule has 1 aromatic rings. The highest BCUT2D eigenvalue weighted by molar-refractivity contribution is 5.91. The Bertz CT molecular complexity index is 665. The van der Waals surface area contributed by atoms with Gasteiger partial charge in [0.25, 0.3) is 0 Å². The van der Waals surface area contributed by atoms with E-state index < -0.39 is 35.2 Å². The Morgan fingerprint density at radius 1 is 1.11 bits per heavy atom. The molecule has 0 saturated heterocycles. The van der Waals surface area contributed by atoms with Crippen LogP contribution in [0.25, 0.3) is 0 Å². The highest BCUT2D eigenvalue weighted by Gasteiger charge is 2.40. The summed E-state index contributed by atoms with van der Waals surface area (Å²) in [5.74, 6) is -1.60. The van der Waals surface area contributed by atoms with Crippen LogP contribution in [-0.2, 0) is 20.9 Å². The van der Waals surface area contributed by atoms with E-state index in [0.29, 0.717) is 6.42 Å². The zero-order valence-corrected chi connectivity index (χ0v) is 16.9. The van der Waals surface area contributed by atoms with E-state index in [9.17, 15) is 19.5 Å². The van der Waals surface area contributed by atoms with Gasteiger partial charge in [0.1, 0.15) is 17.2 Å². The van der Waals surface area contributed by atoms with Gasteiger partial charge >= 0.3 is 12.1 Å². The number of nitrogens with zero attached hydrogens (tertiary/aromatic N) is 1. The van der Waals surface area contributed by atoms with Crippen molar-refractivity contribution < 1.29 is 24.2 Å².